The van der Waals surface area contributed by atoms with Gasteiger partial charge in [-0.15, -0.1) is 0 Å². The molecule has 25 heavy (non-hydrogen) atoms. The lowest BCUT2D eigenvalue weighted by Crippen LogP contribution is -2.40. The highest BCUT2D eigenvalue weighted by molar-refractivity contribution is 7.92. The Morgan fingerprint density at radius 1 is 1.24 bits per heavy atom. The molecule has 0 aliphatic carbocycles. The number of rotatable bonds is 9. The van der Waals surface area contributed by atoms with E-state index < -0.39 is 15.8 Å². The van der Waals surface area contributed by atoms with E-state index in [1.807, 2.05) is 0 Å². The molecule has 0 heterocycles. The number of aliphatic imine (C=N–C) groups is 1. The molecule has 0 atom stereocenters. The molecule has 0 unspecified atom stereocenters. The quantitative estimate of drug-likeness (QED) is 0.353. The Balaban J connectivity index is 2.40. The summed E-state index contributed by atoms with van der Waals surface area (Å²) in [6.07, 6.45) is 2.15. The molecule has 0 amide bonds. The minimum atomic E-state index is -3.57. The third-order valence-electron chi connectivity index (χ3n) is 3.58. The van der Waals surface area contributed by atoms with E-state index in [9.17, 15) is 12.8 Å². The smallest absolute Gasteiger partial charge is 0.234 e. The standard InChI is InChI=1S/C17H29FN4O2S/c1-13(2)6-5-9-20-17(19-4)21-10-11-25(23,24)22-15-8-7-14(3)16(18)12-15/h7-8,12-13,22H,5-6,9-11H2,1-4H3,(H2,19,20,21). The Bertz CT molecular complexity index is 675. The van der Waals surface area contributed by atoms with Crippen LogP contribution in [-0.2, 0) is 10.0 Å². The zero-order valence-electron chi connectivity index (χ0n) is 15.4. The number of guanidine groups is 1. The molecule has 1 rings (SSSR count). The molecule has 6 nitrogen and oxygen atoms in total. The number of nitrogens with zero attached hydrogens (tertiary/aromatic N) is 1. The summed E-state index contributed by atoms with van der Waals surface area (Å²) in [5.41, 5.74) is 0.691. The number of sulfonamides is 1. The average Bonchev–Trinajstić information content (AvgIpc) is 2.52. The van der Waals surface area contributed by atoms with E-state index in [-0.39, 0.29) is 18.0 Å². The molecule has 142 valence electrons. The van der Waals surface area contributed by atoms with Gasteiger partial charge in [0.15, 0.2) is 5.96 Å². The fourth-order valence-electron chi connectivity index (χ4n) is 2.13. The van der Waals surface area contributed by atoms with E-state index in [1.165, 1.54) is 12.1 Å². The number of aryl methyl sites for hydroxylation is 1. The van der Waals surface area contributed by atoms with E-state index >= 15 is 0 Å². The first-order valence-electron chi connectivity index (χ1n) is 8.44. The molecule has 0 aromatic heterocycles. The van der Waals surface area contributed by atoms with Crippen LogP contribution in [0.15, 0.2) is 23.2 Å². The lowest BCUT2D eigenvalue weighted by Gasteiger charge is -2.13. The van der Waals surface area contributed by atoms with Crippen molar-refractivity contribution in [3.8, 4) is 0 Å². The lowest BCUT2D eigenvalue weighted by atomic mass is 10.1. The van der Waals surface area contributed by atoms with Crippen LogP contribution < -0.4 is 15.4 Å². The van der Waals surface area contributed by atoms with Crippen molar-refractivity contribution < 1.29 is 12.8 Å². The highest BCUT2D eigenvalue weighted by Crippen LogP contribution is 2.14. The van der Waals surface area contributed by atoms with Gasteiger partial charge in [0.1, 0.15) is 5.82 Å². The molecule has 1 aromatic rings. The van der Waals surface area contributed by atoms with Gasteiger partial charge in [-0.2, -0.15) is 0 Å². The van der Waals surface area contributed by atoms with Gasteiger partial charge in [0, 0.05) is 20.1 Å². The second-order valence-electron chi connectivity index (χ2n) is 6.35. The Labute approximate surface area is 150 Å². The molecule has 0 aliphatic heterocycles. The monoisotopic (exact) mass is 372 g/mol. The fraction of sp³-hybridized carbons (Fsp3) is 0.588. The van der Waals surface area contributed by atoms with Crippen molar-refractivity contribution in [1.29, 1.82) is 0 Å². The zero-order chi connectivity index (χ0) is 18.9. The van der Waals surface area contributed by atoms with Crippen molar-refractivity contribution >= 4 is 21.7 Å². The number of anilines is 1. The van der Waals surface area contributed by atoms with E-state index in [0.29, 0.717) is 17.4 Å². The summed E-state index contributed by atoms with van der Waals surface area (Å²) in [6, 6.07) is 4.25. The molecule has 8 heteroatoms. The first-order valence-corrected chi connectivity index (χ1v) is 10.1. The molecular formula is C17H29FN4O2S. The molecular weight excluding hydrogens is 343 g/mol. The van der Waals surface area contributed by atoms with Crippen LogP contribution in [0.25, 0.3) is 0 Å². The summed E-state index contributed by atoms with van der Waals surface area (Å²) in [5.74, 6) is 0.638. The molecule has 0 saturated carbocycles. The minimum absolute atomic E-state index is 0.144. The van der Waals surface area contributed by atoms with Crippen LogP contribution >= 0.6 is 0 Å². The number of halogens is 1. The second kappa shape index (κ2) is 10.2. The summed E-state index contributed by atoms with van der Waals surface area (Å²) >= 11 is 0. The summed E-state index contributed by atoms with van der Waals surface area (Å²) in [4.78, 5) is 4.06. The summed E-state index contributed by atoms with van der Waals surface area (Å²) in [5, 5.41) is 6.11. The van der Waals surface area contributed by atoms with E-state index in [2.05, 4.69) is 34.2 Å². The van der Waals surface area contributed by atoms with Crippen molar-refractivity contribution in [1.82, 2.24) is 10.6 Å². The molecule has 3 N–H and O–H groups in total. The van der Waals surface area contributed by atoms with E-state index in [0.717, 1.165) is 19.4 Å². The van der Waals surface area contributed by atoms with Crippen LogP contribution in [0.4, 0.5) is 10.1 Å². The molecule has 1 aromatic carbocycles. The van der Waals surface area contributed by atoms with Crippen LogP contribution in [0.3, 0.4) is 0 Å². The highest BCUT2D eigenvalue weighted by Gasteiger charge is 2.11. The third kappa shape index (κ3) is 8.72. The fourth-order valence-corrected chi connectivity index (χ4v) is 3.09. The average molecular weight is 373 g/mol. The maximum atomic E-state index is 13.5. The van der Waals surface area contributed by atoms with Crippen LogP contribution in [0.1, 0.15) is 32.3 Å². The van der Waals surface area contributed by atoms with Crippen LogP contribution in [0, 0.1) is 18.7 Å². The molecule has 0 spiro atoms. The molecule has 0 saturated heterocycles. The topological polar surface area (TPSA) is 82.6 Å². The minimum Gasteiger partial charge on any atom is -0.356 e. The van der Waals surface area contributed by atoms with Crippen LogP contribution in [0.2, 0.25) is 0 Å². The predicted octanol–water partition coefficient (Wildman–Crippen LogP) is 2.48. The van der Waals surface area contributed by atoms with E-state index in [4.69, 9.17) is 0 Å². The molecule has 0 radical (unpaired) electrons. The van der Waals surface area contributed by atoms with Gasteiger partial charge in [-0.05, 0) is 43.4 Å². The van der Waals surface area contributed by atoms with Gasteiger partial charge in [-0.25, -0.2) is 12.8 Å². The van der Waals surface area contributed by atoms with Crippen LogP contribution in [0.5, 0.6) is 0 Å². The van der Waals surface area contributed by atoms with Gasteiger partial charge in [-0.1, -0.05) is 19.9 Å². The maximum Gasteiger partial charge on any atom is 0.234 e. The van der Waals surface area contributed by atoms with Crippen LogP contribution in [-0.4, -0.2) is 40.3 Å². The Kier molecular flexibility index (Phi) is 8.68. The predicted molar refractivity (Wildman–Crippen MR) is 102 cm³/mol. The first kappa shape index (κ1) is 21.2. The molecule has 0 aliphatic rings. The zero-order valence-corrected chi connectivity index (χ0v) is 16.2. The van der Waals surface area contributed by atoms with Gasteiger partial charge in [0.05, 0.1) is 11.4 Å². The van der Waals surface area contributed by atoms with Crippen molar-refractivity contribution in [2.45, 2.75) is 33.6 Å². The SMILES string of the molecule is CN=C(NCCCC(C)C)NCCS(=O)(=O)Nc1ccc(C)c(F)c1. The summed E-state index contributed by atoms with van der Waals surface area (Å²) in [6.45, 7) is 6.95. The number of nitrogens with one attached hydrogen (secondary N) is 3. The lowest BCUT2D eigenvalue weighted by molar-refractivity contribution is 0.549. The summed E-state index contributed by atoms with van der Waals surface area (Å²) in [7, 11) is -1.93. The largest absolute Gasteiger partial charge is 0.356 e. The highest BCUT2D eigenvalue weighted by atomic mass is 32.2. The van der Waals surface area contributed by atoms with Gasteiger partial charge >= 0.3 is 0 Å². The summed E-state index contributed by atoms with van der Waals surface area (Å²) < 4.78 is 40.0. The van der Waals surface area contributed by atoms with Gasteiger partial charge in [-0.3, -0.25) is 9.71 Å². The van der Waals surface area contributed by atoms with Crippen molar-refractivity contribution in [3.05, 3.63) is 29.6 Å². The molecule has 0 bridgehead atoms. The van der Waals surface area contributed by atoms with E-state index in [1.54, 1.807) is 20.0 Å². The number of benzene rings is 1. The van der Waals surface area contributed by atoms with Gasteiger partial charge < -0.3 is 10.6 Å². The van der Waals surface area contributed by atoms with Crippen molar-refractivity contribution in [3.63, 3.8) is 0 Å². The Morgan fingerprint density at radius 3 is 2.52 bits per heavy atom. The third-order valence-corrected chi connectivity index (χ3v) is 4.87. The number of hydrogen-bond acceptors (Lipinski definition) is 3. The normalized spacial score (nSPS) is 12.3. The first-order chi connectivity index (χ1) is 11.7. The maximum absolute atomic E-state index is 13.5. The van der Waals surface area contributed by atoms with Crippen molar-refractivity contribution in [2.24, 2.45) is 10.9 Å². The Morgan fingerprint density at radius 2 is 1.92 bits per heavy atom. The Hall–Kier alpha value is -1.83. The van der Waals surface area contributed by atoms with Gasteiger partial charge in [0.25, 0.3) is 0 Å². The number of hydrogen-bond donors (Lipinski definition) is 3. The molecule has 0 fully saturated rings. The van der Waals surface area contributed by atoms with Crippen molar-refractivity contribution in [2.75, 3.05) is 30.6 Å². The second-order valence-corrected chi connectivity index (χ2v) is 8.19. The van der Waals surface area contributed by atoms with Gasteiger partial charge in [0.2, 0.25) is 10.0 Å².